The Morgan fingerprint density at radius 1 is 1.21 bits per heavy atom. The van der Waals surface area contributed by atoms with Gasteiger partial charge in [0.1, 0.15) is 5.60 Å². The summed E-state index contributed by atoms with van der Waals surface area (Å²) in [6.45, 7) is 6.98. The molecular formula is C24H34N4O4S. The summed E-state index contributed by atoms with van der Waals surface area (Å²) in [7, 11) is -4.04. The first kappa shape index (κ1) is 26.6. The highest BCUT2D eigenvalue weighted by Crippen LogP contribution is 2.26. The van der Waals surface area contributed by atoms with Gasteiger partial charge in [-0.25, -0.2) is 17.5 Å². The number of carbonyl (C=O) groups is 1. The maximum atomic E-state index is 13.2. The average molecular weight is 475 g/mol. The fourth-order valence-corrected chi connectivity index (χ4v) is 4.95. The van der Waals surface area contributed by atoms with Crippen molar-refractivity contribution >= 4 is 16.1 Å². The number of sulfonamides is 1. The SMILES string of the molecule is Cc1ccc(S(=O)(=O)N(CCCCC#C[C@@H]2CCCC[C@@H]2N=[N+]=[N-])C(=O)OC(C)(C)C)cc1. The van der Waals surface area contributed by atoms with E-state index < -0.39 is 21.7 Å². The number of hydrogen-bond acceptors (Lipinski definition) is 5. The Bertz CT molecular complexity index is 1010. The summed E-state index contributed by atoms with van der Waals surface area (Å²) in [5, 5.41) is 3.87. The number of benzene rings is 1. The van der Waals surface area contributed by atoms with Crippen LogP contribution in [-0.4, -0.2) is 37.0 Å². The van der Waals surface area contributed by atoms with Crippen molar-refractivity contribution in [3.8, 4) is 11.8 Å². The van der Waals surface area contributed by atoms with Crippen molar-refractivity contribution in [1.82, 2.24) is 4.31 Å². The minimum Gasteiger partial charge on any atom is -0.443 e. The second kappa shape index (κ2) is 12.0. The van der Waals surface area contributed by atoms with E-state index in [0.717, 1.165) is 35.6 Å². The van der Waals surface area contributed by atoms with Gasteiger partial charge in [0.2, 0.25) is 0 Å². The van der Waals surface area contributed by atoms with Crippen molar-refractivity contribution in [3.63, 3.8) is 0 Å². The van der Waals surface area contributed by atoms with Crippen LogP contribution in [0, 0.1) is 24.7 Å². The summed E-state index contributed by atoms with van der Waals surface area (Å²) in [5.74, 6) is 6.44. The number of aryl methyl sites for hydroxylation is 1. The van der Waals surface area contributed by atoms with Crippen LogP contribution in [0.2, 0.25) is 0 Å². The molecule has 2 rings (SSSR count). The second-order valence-corrected chi connectivity index (χ2v) is 11.2. The van der Waals surface area contributed by atoms with E-state index in [1.165, 1.54) is 12.1 Å². The zero-order valence-corrected chi connectivity index (χ0v) is 20.8. The molecule has 1 saturated carbocycles. The third-order valence-corrected chi connectivity index (χ3v) is 7.12. The summed E-state index contributed by atoms with van der Waals surface area (Å²) < 4.78 is 32.5. The van der Waals surface area contributed by atoms with Gasteiger partial charge in [-0.15, -0.1) is 5.92 Å². The molecule has 0 spiro atoms. The molecule has 0 aromatic heterocycles. The van der Waals surface area contributed by atoms with Crippen LogP contribution in [-0.2, 0) is 14.8 Å². The molecule has 1 aromatic carbocycles. The average Bonchev–Trinajstić information content (AvgIpc) is 2.73. The van der Waals surface area contributed by atoms with Gasteiger partial charge in [0.15, 0.2) is 0 Å². The van der Waals surface area contributed by atoms with Gasteiger partial charge in [-0.05, 0) is 71.0 Å². The van der Waals surface area contributed by atoms with E-state index in [1.807, 2.05) is 6.92 Å². The topological polar surface area (TPSA) is 112 Å². The summed E-state index contributed by atoms with van der Waals surface area (Å²) in [6, 6.07) is 6.32. The van der Waals surface area contributed by atoms with Crippen LogP contribution in [0.1, 0.15) is 71.3 Å². The molecule has 1 aliphatic carbocycles. The van der Waals surface area contributed by atoms with Crippen molar-refractivity contribution in [1.29, 1.82) is 0 Å². The van der Waals surface area contributed by atoms with E-state index in [1.54, 1.807) is 32.9 Å². The minimum atomic E-state index is -4.04. The number of carbonyl (C=O) groups excluding carboxylic acids is 1. The highest BCUT2D eigenvalue weighted by molar-refractivity contribution is 7.89. The van der Waals surface area contributed by atoms with E-state index in [0.29, 0.717) is 19.3 Å². The quantitative estimate of drug-likeness (QED) is 0.159. The number of rotatable bonds is 7. The highest BCUT2D eigenvalue weighted by atomic mass is 32.2. The molecule has 0 heterocycles. The normalized spacial score (nSPS) is 18.4. The van der Waals surface area contributed by atoms with Gasteiger partial charge in [0.05, 0.1) is 10.9 Å². The first-order valence-corrected chi connectivity index (χ1v) is 12.8. The summed E-state index contributed by atoms with van der Waals surface area (Å²) in [6.07, 6.45) is 4.72. The monoisotopic (exact) mass is 474 g/mol. The third kappa shape index (κ3) is 8.30. The molecule has 0 bridgehead atoms. The van der Waals surface area contributed by atoms with E-state index in [-0.39, 0.29) is 23.4 Å². The number of unbranched alkanes of at least 4 members (excludes halogenated alkanes) is 2. The molecular weight excluding hydrogens is 440 g/mol. The number of amides is 1. The van der Waals surface area contributed by atoms with Gasteiger partial charge in [-0.1, -0.05) is 41.6 Å². The largest absolute Gasteiger partial charge is 0.443 e. The Hall–Kier alpha value is -2.69. The molecule has 2 atom stereocenters. The van der Waals surface area contributed by atoms with Crippen LogP contribution >= 0.6 is 0 Å². The lowest BCUT2D eigenvalue weighted by molar-refractivity contribution is 0.0389. The summed E-state index contributed by atoms with van der Waals surface area (Å²) in [5.41, 5.74) is 8.84. The molecule has 0 N–H and O–H groups in total. The summed E-state index contributed by atoms with van der Waals surface area (Å²) in [4.78, 5) is 15.7. The van der Waals surface area contributed by atoms with E-state index in [9.17, 15) is 13.2 Å². The third-order valence-electron chi connectivity index (χ3n) is 5.34. The molecule has 9 heteroatoms. The van der Waals surface area contributed by atoms with Crippen LogP contribution in [0.15, 0.2) is 34.3 Å². The Morgan fingerprint density at radius 3 is 2.52 bits per heavy atom. The van der Waals surface area contributed by atoms with Crippen molar-refractivity contribution in [2.75, 3.05) is 6.54 Å². The second-order valence-electron chi connectivity index (χ2n) is 9.31. The molecule has 0 radical (unpaired) electrons. The lowest BCUT2D eigenvalue weighted by Crippen LogP contribution is -2.41. The Balaban J connectivity index is 2.03. The van der Waals surface area contributed by atoms with Gasteiger partial charge < -0.3 is 4.74 Å². The number of hydrogen-bond donors (Lipinski definition) is 0. The van der Waals surface area contributed by atoms with Gasteiger partial charge >= 0.3 is 6.09 Å². The Kier molecular flexibility index (Phi) is 9.63. The van der Waals surface area contributed by atoms with Crippen LogP contribution < -0.4 is 0 Å². The van der Waals surface area contributed by atoms with Gasteiger partial charge in [0, 0.05) is 23.8 Å². The van der Waals surface area contributed by atoms with Crippen LogP contribution in [0.5, 0.6) is 0 Å². The standard InChI is InChI=1S/C24H34N4O4S/c1-19-14-16-21(17-15-19)33(30,31)28(23(29)32-24(2,3)4)18-10-6-5-7-11-20-12-8-9-13-22(20)26-27-25/h14-17,20,22H,5-6,8-10,12-13,18H2,1-4H3/t20-,22+/m1/s1. The molecule has 1 amide bonds. The fraction of sp³-hybridized carbons (Fsp3) is 0.625. The van der Waals surface area contributed by atoms with Crippen molar-refractivity contribution < 1.29 is 17.9 Å². The number of ether oxygens (including phenoxy) is 1. The maximum absolute atomic E-state index is 13.2. The molecule has 1 fully saturated rings. The van der Waals surface area contributed by atoms with Gasteiger partial charge in [-0.2, -0.15) is 0 Å². The smallest absolute Gasteiger partial charge is 0.424 e. The lowest BCUT2D eigenvalue weighted by atomic mass is 9.85. The maximum Gasteiger partial charge on any atom is 0.424 e. The molecule has 33 heavy (non-hydrogen) atoms. The minimum absolute atomic E-state index is 0.0115. The molecule has 0 aliphatic heterocycles. The van der Waals surface area contributed by atoms with Crippen LogP contribution in [0.4, 0.5) is 4.79 Å². The molecule has 180 valence electrons. The zero-order chi connectivity index (χ0) is 24.5. The molecule has 1 aliphatic rings. The Labute approximate surface area is 197 Å². The predicted molar refractivity (Wildman–Crippen MR) is 128 cm³/mol. The van der Waals surface area contributed by atoms with Crippen LogP contribution in [0.25, 0.3) is 10.4 Å². The summed E-state index contributed by atoms with van der Waals surface area (Å²) >= 11 is 0. The first-order chi connectivity index (χ1) is 15.5. The Morgan fingerprint density at radius 2 is 1.88 bits per heavy atom. The predicted octanol–water partition coefficient (Wildman–Crippen LogP) is 5.96. The van der Waals surface area contributed by atoms with Crippen molar-refractivity contribution in [3.05, 3.63) is 40.3 Å². The van der Waals surface area contributed by atoms with E-state index in [4.69, 9.17) is 10.3 Å². The molecule has 0 saturated heterocycles. The lowest BCUT2D eigenvalue weighted by Gasteiger charge is -2.27. The first-order valence-electron chi connectivity index (χ1n) is 11.4. The van der Waals surface area contributed by atoms with Gasteiger partial charge in [-0.3, -0.25) is 0 Å². The number of azide groups is 1. The van der Waals surface area contributed by atoms with Crippen molar-refractivity contribution in [2.24, 2.45) is 11.0 Å². The highest BCUT2D eigenvalue weighted by Gasteiger charge is 2.32. The molecule has 1 aromatic rings. The molecule has 8 nitrogen and oxygen atoms in total. The van der Waals surface area contributed by atoms with E-state index in [2.05, 4.69) is 21.9 Å². The number of nitrogens with zero attached hydrogens (tertiary/aromatic N) is 4. The molecule has 0 unspecified atom stereocenters. The van der Waals surface area contributed by atoms with E-state index >= 15 is 0 Å². The van der Waals surface area contributed by atoms with Crippen LogP contribution in [0.3, 0.4) is 0 Å². The van der Waals surface area contributed by atoms with Crippen molar-refractivity contribution in [2.45, 2.75) is 89.2 Å². The zero-order valence-electron chi connectivity index (χ0n) is 20.0. The van der Waals surface area contributed by atoms with Gasteiger partial charge in [0.25, 0.3) is 10.0 Å². The fourth-order valence-electron chi connectivity index (χ4n) is 3.62.